The maximum atomic E-state index is 5.30. The van der Waals surface area contributed by atoms with Crippen LogP contribution in [-0.2, 0) is 4.74 Å². The molecule has 1 aliphatic carbocycles. The molecule has 0 amide bonds. The lowest BCUT2D eigenvalue weighted by molar-refractivity contribution is 0.0366. The molecule has 0 bridgehead atoms. The Bertz CT molecular complexity index is 143. The van der Waals surface area contributed by atoms with Gasteiger partial charge in [-0.1, -0.05) is 6.92 Å². The Balaban J connectivity index is 1.59. The van der Waals surface area contributed by atoms with E-state index in [4.69, 9.17) is 4.74 Å². The smallest absolute Gasteiger partial charge is 0.0594 e. The zero-order chi connectivity index (χ0) is 8.39. The summed E-state index contributed by atoms with van der Waals surface area (Å²) in [6.07, 6.45) is 2.89. The molecule has 0 aromatic rings. The molecule has 1 saturated heterocycles. The van der Waals surface area contributed by atoms with E-state index in [1.807, 2.05) is 0 Å². The molecule has 2 rings (SSSR count). The van der Waals surface area contributed by atoms with Crippen molar-refractivity contribution in [3.05, 3.63) is 0 Å². The van der Waals surface area contributed by atoms with Crippen molar-refractivity contribution in [2.24, 2.45) is 11.8 Å². The molecule has 0 radical (unpaired) electrons. The first-order valence-electron chi connectivity index (χ1n) is 5.16. The third kappa shape index (κ3) is 2.20. The summed E-state index contributed by atoms with van der Waals surface area (Å²) in [5, 5.41) is 0. The molecule has 2 nitrogen and oxygen atoms in total. The van der Waals surface area contributed by atoms with Crippen LogP contribution in [0.1, 0.15) is 19.8 Å². The van der Waals surface area contributed by atoms with Gasteiger partial charge in [0.2, 0.25) is 0 Å². The second-order valence-electron chi connectivity index (χ2n) is 4.22. The second kappa shape index (κ2) is 3.75. The van der Waals surface area contributed by atoms with Crippen molar-refractivity contribution in [1.82, 2.24) is 4.90 Å². The van der Waals surface area contributed by atoms with E-state index in [-0.39, 0.29) is 0 Å². The normalized spacial score (nSPS) is 36.8. The van der Waals surface area contributed by atoms with E-state index in [1.54, 1.807) is 0 Å². The van der Waals surface area contributed by atoms with Gasteiger partial charge < -0.3 is 4.74 Å². The van der Waals surface area contributed by atoms with Crippen LogP contribution in [0, 0.1) is 11.8 Å². The van der Waals surface area contributed by atoms with Crippen LogP contribution < -0.4 is 0 Å². The zero-order valence-electron chi connectivity index (χ0n) is 7.96. The molecule has 0 spiro atoms. The van der Waals surface area contributed by atoms with Gasteiger partial charge in [0.25, 0.3) is 0 Å². The molecule has 1 unspecified atom stereocenters. The summed E-state index contributed by atoms with van der Waals surface area (Å²) >= 11 is 0. The van der Waals surface area contributed by atoms with E-state index in [1.165, 1.54) is 19.4 Å². The van der Waals surface area contributed by atoms with Crippen LogP contribution >= 0.6 is 0 Å². The van der Waals surface area contributed by atoms with Crippen LogP contribution in [0.25, 0.3) is 0 Å². The van der Waals surface area contributed by atoms with Crippen LogP contribution in [0.4, 0.5) is 0 Å². The Labute approximate surface area is 74.9 Å². The molecule has 0 aromatic carbocycles. The zero-order valence-corrected chi connectivity index (χ0v) is 7.96. The first-order chi connectivity index (χ1) is 5.86. The third-order valence-corrected chi connectivity index (χ3v) is 3.20. The predicted octanol–water partition coefficient (Wildman–Crippen LogP) is 1.36. The summed E-state index contributed by atoms with van der Waals surface area (Å²) in [5.74, 6) is 2.07. The van der Waals surface area contributed by atoms with Crippen LogP contribution in [0.5, 0.6) is 0 Å². The molecule has 12 heavy (non-hydrogen) atoms. The molecule has 2 aliphatic rings. The maximum absolute atomic E-state index is 5.30. The van der Waals surface area contributed by atoms with Crippen molar-refractivity contribution in [2.45, 2.75) is 19.8 Å². The molecule has 70 valence electrons. The first-order valence-corrected chi connectivity index (χ1v) is 5.16. The molecule has 0 aromatic heterocycles. The van der Waals surface area contributed by atoms with Crippen molar-refractivity contribution in [1.29, 1.82) is 0 Å². The molecular formula is C10H19NO. The minimum atomic E-state index is 0.945. The van der Waals surface area contributed by atoms with Gasteiger partial charge in [-0.3, -0.25) is 4.90 Å². The molecular weight excluding hydrogens is 150 g/mol. The van der Waals surface area contributed by atoms with Gasteiger partial charge >= 0.3 is 0 Å². The minimum absolute atomic E-state index is 0.945. The van der Waals surface area contributed by atoms with E-state index in [9.17, 15) is 0 Å². The number of rotatable bonds is 3. The number of hydrogen-bond acceptors (Lipinski definition) is 2. The fraction of sp³-hybridized carbons (Fsp3) is 1.00. The standard InChI is InChI=1S/C10H19NO/c1-9-8-10(9)2-3-11-4-6-12-7-5-11/h9-10H,2-8H2,1H3/t9-,10?/m1/s1. The van der Waals surface area contributed by atoms with Gasteiger partial charge in [0.15, 0.2) is 0 Å². The molecule has 2 fully saturated rings. The van der Waals surface area contributed by atoms with Crippen LogP contribution in [-0.4, -0.2) is 37.7 Å². The summed E-state index contributed by atoms with van der Waals surface area (Å²) in [6, 6.07) is 0. The van der Waals surface area contributed by atoms with Crippen molar-refractivity contribution in [3.8, 4) is 0 Å². The lowest BCUT2D eigenvalue weighted by atomic mass is 10.2. The van der Waals surface area contributed by atoms with E-state index in [2.05, 4.69) is 11.8 Å². The number of morpholine rings is 1. The predicted molar refractivity (Wildman–Crippen MR) is 49.1 cm³/mol. The van der Waals surface area contributed by atoms with Gasteiger partial charge in [-0.25, -0.2) is 0 Å². The molecule has 1 aliphatic heterocycles. The van der Waals surface area contributed by atoms with E-state index in [0.717, 1.165) is 38.1 Å². The SMILES string of the molecule is C[C@@H]1CC1CCN1CCOCC1. The van der Waals surface area contributed by atoms with Crippen molar-refractivity contribution in [2.75, 3.05) is 32.8 Å². The quantitative estimate of drug-likeness (QED) is 0.632. The summed E-state index contributed by atoms with van der Waals surface area (Å²) in [4.78, 5) is 2.54. The van der Waals surface area contributed by atoms with Gasteiger partial charge in [-0.05, 0) is 31.2 Å². The monoisotopic (exact) mass is 169 g/mol. The van der Waals surface area contributed by atoms with Crippen LogP contribution in [0.3, 0.4) is 0 Å². The summed E-state index contributed by atoms with van der Waals surface area (Å²) < 4.78 is 5.30. The van der Waals surface area contributed by atoms with E-state index < -0.39 is 0 Å². The number of ether oxygens (including phenoxy) is 1. The second-order valence-corrected chi connectivity index (χ2v) is 4.22. The molecule has 2 atom stereocenters. The van der Waals surface area contributed by atoms with Gasteiger partial charge in [-0.2, -0.15) is 0 Å². The van der Waals surface area contributed by atoms with Crippen molar-refractivity contribution in [3.63, 3.8) is 0 Å². The Morgan fingerprint density at radius 3 is 2.58 bits per heavy atom. The largest absolute Gasteiger partial charge is 0.379 e. The summed E-state index contributed by atoms with van der Waals surface area (Å²) in [7, 11) is 0. The highest BCUT2D eigenvalue weighted by molar-refractivity contribution is 4.83. The van der Waals surface area contributed by atoms with Crippen molar-refractivity contribution < 1.29 is 4.74 Å². The number of nitrogens with zero attached hydrogens (tertiary/aromatic N) is 1. The average molecular weight is 169 g/mol. The van der Waals surface area contributed by atoms with Gasteiger partial charge in [0.05, 0.1) is 13.2 Å². The highest BCUT2D eigenvalue weighted by Gasteiger charge is 2.32. The van der Waals surface area contributed by atoms with Crippen LogP contribution in [0.15, 0.2) is 0 Å². The fourth-order valence-electron chi connectivity index (χ4n) is 1.97. The Morgan fingerprint density at radius 1 is 1.33 bits per heavy atom. The topological polar surface area (TPSA) is 12.5 Å². The molecule has 1 saturated carbocycles. The van der Waals surface area contributed by atoms with E-state index >= 15 is 0 Å². The third-order valence-electron chi connectivity index (χ3n) is 3.20. The van der Waals surface area contributed by atoms with E-state index in [0.29, 0.717) is 0 Å². The Morgan fingerprint density at radius 2 is 2.00 bits per heavy atom. The first kappa shape index (κ1) is 8.52. The van der Waals surface area contributed by atoms with Gasteiger partial charge in [0.1, 0.15) is 0 Å². The van der Waals surface area contributed by atoms with Gasteiger partial charge in [-0.15, -0.1) is 0 Å². The Kier molecular flexibility index (Phi) is 2.66. The molecule has 2 heteroatoms. The van der Waals surface area contributed by atoms with Crippen LogP contribution in [0.2, 0.25) is 0 Å². The fourth-order valence-corrected chi connectivity index (χ4v) is 1.97. The highest BCUT2D eigenvalue weighted by Crippen LogP contribution is 2.40. The maximum Gasteiger partial charge on any atom is 0.0594 e. The molecule has 1 heterocycles. The van der Waals surface area contributed by atoms with Gasteiger partial charge in [0, 0.05) is 13.1 Å². The van der Waals surface area contributed by atoms with Crippen molar-refractivity contribution >= 4 is 0 Å². The summed E-state index contributed by atoms with van der Waals surface area (Å²) in [5.41, 5.74) is 0. The molecule has 0 N–H and O–H groups in total. The highest BCUT2D eigenvalue weighted by atomic mass is 16.5. The minimum Gasteiger partial charge on any atom is -0.379 e. The lowest BCUT2D eigenvalue weighted by Gasteiger charge is -2.26. The Hall–Kier alpha value is -0.0800. The average Bonchev–Trinajstić information content (AvgIpc) is 2.81. The summed E-state index contributed by atoms with van der Waals surface area (Å²) in [6.45, 7) is 7.87. The lowest BCUT2D eigenvalue weighted by Crippen LogP contribution is -2.37. The number of hydrogen-bond donors (Lipinski definition) is 0.